The molecule has 1 rings (SSSR count). The lowest BCUT2D eigenvalue weighted by Crippen LogP contribution is -2.07. The lowest BCUT2D eigenvalue weighted by molar-refractivity contribution is 0.0765. The average molecular weight is 222 g/mol. The SMILES string of the molecule is CC(C)OCCCCNc1ccc(N)cc1. The molecule has 3 N–H and O–H groups in total. The third-order valence-corrected chi connectivity index (χ3v) is 2.26. The van der Waals surface area contributed by atoms with E-state index in [0.29, 0.717) is 6.10 Å². The third kappa shape index (κ3) is 5.61. The van der Waals surface area contributed by atoms with Gasteiger partial charge in [0.25, 0.3) is 0 Å². The highest BCUT2D eigenvalue weighted by Crippen LogP contribution is 2.10. The van der Waals surface area contributed by atoms with E-state index in [-0.39, 0.29) is 0 Å². The van der Waals surface area contributed by atoms with Crippen LogP contribution in [0.5, 0.6) is 0 Å². The van der Waals surface area contributed by atoms with Crippen molar-refractivity contribution in [3.05, 3.63) is 24.3 Å². The van der Waals surface area contributed by atoms with Crippen LogP contribution < -0.4 is 11.1 Å². The van der Waals surface area contributed by atoms with Crippen LogP contribution in [0.1, 0.15) is 26.7 Å². The molecule has 0 radical (unpaired) electrons. The summed E-state index contributed by atoms with van der Waals surface area (Å²) < 4.78 is 5.47. The van der Waals surface area contributed by atoms with Crippen LogP contribution in [0.4, 0.5) is 11.4 Å². The number of hydrogen-bond acceptors (Lipinski definition) is 3. The van der Waals surface area contributed by atoms with Crippen molar-refractivity contribution in [2.45, 2.75) is 32.8 Å². The Kier molecular flexibility index (Phi) is 5.72. The maximum Gasteiger partial charge on any atom is 0.0518 e. The van der Waals surface area contributed by atoms with E-state index in [9.17, 15) is 0 Å². The molecule has 0 atom stereocenters. The standard InChI is InChI=1S/C13H22N2O/c1-11(2)16-10-4-3-9-15-13-7-5-12(14)6-8-13/h5-8,11,15H,3-4,9-10,14H2,1-2H3. The fraction of sp³-hybridized carbons (Fsp3) is 0.538. The number of nitrogens with two attached hydrogens (primary N) is 1. The van der Waals surface area contributed by atoms with Gasteiger partial charge in [0.15, 0.2) is 0 Å². The number of hydrogen-bond donors (Lipinski definition) is 2. The molecule has 0 bridgehead atoms. The minimum atomic E-state index is 0.338. The summed E-state index contributed by atoms with van der Waals surface area (Å²) in [7, 11) is 0. The quantitative estimate of drug-likeness (QED) is 0.551. The van der Waals surface area contributed by atoms with E-state index in [1.807, 2.05) is 24.3 Å². The molecule has 3 heteroatoms. The Morgan fingerprint density at radius 3 is 2.50 bits per heavy atom. The largest absolute Gasteiger partial charge is 0.399 e. The van der Waals surface area contributed by atoms with Gasteiger partial charge >= 0.3 is 0 Å². The number of unbranched alkanes of at least 4 members (excludes halogenated alkanes) is 1. The summed E-state index contributed by atoms with van der Waals surface area (Å²) in [5, 5.41) is 3.35. The summed E-state index contributed by atoms with van der Waals surface area (Å²) in [6.07, 6.45) is 2.56. The van der Waals surface area contributed by atoms with Crippen LogP contribution in [-0.4, -0.2) is 19.3 Å². The monoisotopic (exact) mass is 222 g/mol. The Morgan fingerprint density at radius 2 is 1.88 bits per heavy atom. The van der Waals surface area contributed by atoms with Crippen molar-refractivity contribution in [2.75, 3.05) is 24.2 Å². The van der Waals surface area contributed by atoms with E-state index in [1.54, 1.807) is 0 Å². The molecule has 1 aromatic rings. The van der Waals surface area contributed by atoms with E-state index >= 15 is 0 Å². The second-order valence-corrected chi connectivity index (χ2v) is 4.18. The number of nitrogens with one attached hydrogen (secondary N) is 1. The van der Waals surface area contributed by atoms with Crippen LogP contribution in [0.2, 0.25) is 0 Å². The first-order valence-corrected chi connectivity index (χ1v) is 5.89. The maximum absolute atomic E-state index is 5.61. The van der Waals surface area contributed by atoms with Gasteiger partial charge in [-0.2, -0.15) is 0 Å². The van der Waals surface area contributed by atoms with Crippen molar-refractivity contribution in [1.82, 2.24) is 0 Å². The van der Waals surface area contributed by atoms with Crippen LogP contribution in [0.3, 0.4) is 0 Å². The molecule has 90 valence electrons. The molecule has 0 saturated heterocycles. The lowest BCUT2D eigenvalue weighted by atomic mass is 10.2. The second kappa shape index (κ2) is 7.12. The molecule has 3 nitrogen and oxygen atoms in total. The van der Waals surface area contributed by atoms with Crippen LogP contribution in [0, 0.1) is 0 Å². The van der Waals surface area contributed by atoms with Crippen molar-refractivity contribution in [2.24, 2.45) is 0 Å². The molecule has 0 aliphatic carbocycles. The Balaban J connectivity index is 2.05. The first-order valence-electron chi connectivity index (χ1n) is 5.89. The van der Waals surface area contributed by atoms with Gasteiger partial charge in [0.2, 0.25) is 0 Å². The zero-order valence-corrected chi connectivity index (χ0v) is 10.2. The number of nitrogen functional groups attached to an aromatic ring is 1. The number of rotatable bonds is 7. The molecule has 0 saturated carbocycles. The maximum atomic E-state index is 5.61. The van der Waals surface area contributed by atoms with E-state index in [0.717, 1.165) is 37.4 Å². The van der Waals surface area contributed by atoms with Crippen molar-refractivity contribution in [3.63, 3.8) is 0 Å². The van der Waals surface area contributed by atoms with E-state index in [4.69, 9.17) is 10.5 Å². The predicted octanol–water partition coefficient (Wildman–Crippen LogP) is 2.89. The molecule has 0 aromatic heterocycles. The van der Waals surface area contributed by atoms with Crippen LogP contribution >= 0.6 is 0 Å². The summed E-state index contributed by atoms with van der Waals surface area (Å²) >= 11 is 0. The van der Waals surface area contributed by atoms with E-state index in [1.165, 1.54) is 0 Å². The van der Waals surface area contributed by atoms with Gasteiger partial charge in [0.05, 0.1) is 6.10 Å². The normalized spacial score (nSPS) is 10.7. The van der Waals surface area contributed by atoms with Crippen molar-refractivity contribution < 1.29 is 4.74 Å². The van der Waals surface area contributed by atoms with Gasteiger partial charge in [-0.05, 0) is 51.0 Å². The highest BCUT2D eigenvalue weighted by molar-refractivity contribution is 5.50. The molecule has 0 heterocycles. The first-order chi connectivity index (χ1) is 7.68. The molecule has 0 fully saturated rings. The minimum Gasteiger partial charge on any atom is -0.399 e. The number of ether oxygens (including phenoxy) is 1. The Bertz CT molecular complexity index is 282. The van der Waals surface area contributed by atoms with Crippen LogP contribution in [-0.2, 0) is 4.74 Å². The summed E-state index contributed by atoms with van der Waals surface area (Å²) in [5.74, 6) is 0. The second-order valence-electron chi connectivity index (χ2n) is 4.18. The number of benzene rings is 1. The molecule has 0 unspecified atom stereocenters. The zero-order chi connectivity index (χ0) is 11.8. The molecule has 0 spiro atoms. The topological polar surface area (TPSA) is 47.3 Å². The molecular formula is C13H22N2O. The predicted molar refractivity (Wildman–Crippen MR) is 69.7 cm³/mol. The fourth-order valence-electron chi connectivity index (χ4n) is 1.38. The van der Waals surface area contributed by atoms with E-state index in [2.05, 4.69) is 19.2 Å². The Morgan fingerprint density at radius 1 is 1.19 bits per heavy atom. The van der Waals surface area contributed by atoms with Crippen LogP contribution in [0.15, 0.2) is 24.3 Å². The average Bonchev–Trinajstić information content (AvgIpc) is 2.25. The zero-order valence-electron chi connectivity index (χ0n) is 10.2. The van der Waals surface area contributed by atoms with Crippen LogP contribution in [0.25, 0.3) is 0 Å². The minimum absolute atomic E-state index is 0.338. The smallest absolute Gasteiger partial charge is 0.0518 e. The molecule has 1 aromatic carbocycles. The molecule has 0 amide bonds. The van der Waals surface area contributed by atoms with Gasteiger partial charge < -0.3 is 15.8 Å². The van der Waals surface area contributed by atoms with Crippen molar-refractivity contribution in [1.29, 1.82) is 0 Å². The Hall–Kier alpha value is -1.22. The van der Waals surface area contributed by atoms with Gasteiger partial charge in [-0.3, -0.25) is 0 Å². The molecule has 16 heavy (non-hydrogen) atoms. The summed E-state index contributed by atoms with van der Waals surface area (Å²) in [4.78, 5) is 0. The lowest BCUT2D eigenvalue weighted by Gasteiger charge is -2.08. The summed E-state index contributed by atoms with van der Waals surface area (Å²) in [5.41, 5.74) is 7.53. The molecular weight excluding hydrogens is 200 g/mol. The van der Waals surface area contributed by atoms with E-state index < -0.39 is 0 Å². The van der Waals surface area contributed by atoms with Gasteiger partial charge in [0, 0.05) is 24.5 Å². The summed E-state index contributed by atoms with van der Waals surface area (Å²) in [6.45, 7) is 5.95. The van der Waals surface area contributed by atoms with Gasteiger partial charge in [-0.15, -0.1) is 0 Å². The summed E-state index contributed by atoms with van der Waals surface area (Å²) in [6, 6.07) is 7.81. The van der Waals surface area contributed by atoms with Crippen molar-refractivity contribution >= 4 is 11.4 Å². The number of anilines is 2. The van der Waals surface area contributed by atoms with Gasteiger partial charge in [0.1, 0.15) is 0 Å². The van der Waals surface area contributed by atoms with Gasteiger partial charge in [-0.25, -0.2) is 0 Å². The highest BCUT2D eigenvalue weighted by Gasteiger charge is 1.94. The van der Waals surface area contributed by atoms with Gasteiger partial charge in [-0.1, -0.05) is 0 Å². The highest BCUT2D eigenvalue weighted by atomic mass is 16.5. The molecule has 0 aliphatic rings. The fourth-order valence-corrected chi connectivity index (χ4v) is 1.38. The third-order valence-electron chi connectivity index (χ3n) is 2.26. The Labute approximate surface area is 98.0 Å². The van der Waals surface area contributed by atoms with Crippen molar-refractivity contribution in [3.8, 4) is 0 Å². The molecule has 0 aliphatic heterocycles. The first kappa shape index (κ1) is 12.8.